The number of H-pyrrole nitrogens is 1. The predicted octanol–water partition coefficient (Wildman–Crippen LogP) is 2.46. The smallest absolute Gasteiger partial charge is 0.409 e. The molecular weight excluding hydrogens is 471 g/mol. The van der Waals surface area contributed by atoms with Crippen molar-refractivity contribution < 1.29 is 9.53 Å². The van der Waals surface area contributed by atoms with Gasteiger partial charge in [-0.3, -0.25) is 4.99 Å². The largest absolute Gasteiger partial charge is 0.450 e. The lowest BCUT2D eigenvalue weighted by atomic mass is 10.3. The second-order valence-corrected chi connectivity index (χ2v) is 6.45. The first-order valence-corrected chi connectivity index (χ1v) is 9.52. The zero-order valence-corrected chi connectivity index (χ0v) is 18.8. The maximum Gasteiger partial charge on any atom is 0.409 e. The fourth-order valence-corrected chi connectivity index (χ4v) is 3.23. The van der Waals surface area contributed by atoms with Gasteiger partial charge in [-0.15, -0.1) is 24.0 Å². The lowest BCUT2D eigenvalue weighted by Crippen LogP contribution is -2.54. The van der Waals surface area contributed by atoms with Crippen LogP contribution in [0.4, 0.5) is 4.79 Å². The summed E-state index contributed by atoms with van der Waals surface area (Å²) in [5.41, 5.74) is 2.09. The first-order valence-electron chi connectivity index (χ1n) is 9.52. The van der Waals surface area contributed by atoms with E-state index in [0.29, 0.717) is 19.7 Å². The van der Waals surface area contributed by atoms with Crippen molar-refractivity contribution in [3.63, 3.8) is 0 Å². The molecule has 2 N–H and O–H groups in total. The lowest BCUT2D eigenvalue weighted by molar-refractivity contribution is 0.0914. The molecule has 0 radical (unpaired) electrons. The van der Waals surface area contributed by atoms with Gasteiger partial charge in [0.1, 0.15) is 5.82 Å². The minimum Gasteiger partial charge on any atom is -0.450 e. The maximum atomic E-state index is 11.8. The van der Waals surface area contributed by atoms with Crippen molar-refractivity contribution in [2.45, 2.75) is 19.8 Å². The van der Waals surface area contributed by atoms with Crippen molar-refractivity contribution in [2.24, 2.45) is 4.99 Å². The Bertz CT molecular complexity index is 753. The third-order valence-electron chi connectivity index (χ3n) is 4.63. The van der Waals surface area contributed by atoms with Crippen LogP contribution in [0.15, 0.2) is 29.3 Å². The summed E-state index contributed by atoms with van der Waals surface area (Å²) >= 11 is 0. The molecule has 1 aliphatic heterocycles. The van der Waals surface area contributed by atoms with Crippen molar-refractivity contribution in [1.82, 2.24) is 25.1 Å². The number of imidazole rings is 1. The second-order valence-electron chi connectivity index (χ2n) is 6.45. The molecule has 0 spiro atoms. The quantitative estimate of drug-likeness (QED) is 0.285. The molecule has 28 heavy (non-hydrogen) atoms. The Morgan fingerprint density at radius 1 is 1.25 bits per heavy atom. The molecule has 0 aliphatic carbocycles. The summed E-state index contributed by atoms with van der Waals surface area (Å²) in [5, 5.41) is 3.41. The molecule has 1 amide bonds. The van der Waals surface area contributed by atoms with Gasteiger partial charge in [-0.1, -0.05) is 12.1 Å². The summed E-state index contributed by atoms with van der Waals surface area (Å²) in [7, 11) is 1.79. The average Bonchev–Trinajstić information content (AvgIpc) is 3.11. The van der Waals surface area contributed by atoms with Crippen LogP contribution in [0.3, 0.4) is 0 Å². The number of ether oxygens (including phenoxy) is 1. The molecule has 2 aromatic rings. The number of aromatic amines is 1. The molecule has 2 heterocycles. The number of carbonyl (C=O) groups excluding carboxylic acids is 1. The van der Waals surface area contributed by atoms with Crippen LogP contribution in [0, 0.1) is 0 Å². The molecule has 8 nitrogen and oxygen atoms in total. The zero-order chi connectivity index (χ0) is 19.1. The van der Waals surface area contributed by atoms with E-state index in [1.807, 2.05) is 31.2 Å². The highest BCUT2D eigenvalue weighted by atomic mass is 127. The minimum atomic E-state index is -0.231. The Hall–Kier alpha value is -2.04. The highest BCUT2D eigenvalue weighted by Crippen LogP contribution is 2.11. The molecule has 0 bridgehead atoms. The number of aryl methyl sites for hydroxylation is 1. The highest BCUT2D eigenvalue weighted by molar-refractivity contribution is 14.0. The first-order chi connectivity index (χ1) is 13.2. The molecule has 1 aliphatic rings. The standard InChI is InChI=1S/C19H28N6O2.HI/c1-3-27-19(26)25-13-11-24(12-14-25)18(20-2)21-10-6-9-17-22-15-7-4-5-8-16(15)23-17;/h4-5,7-8H,3,6,9-14H2,1-2H3,(H,20,21)(H,22,23);1H. The molecule has 1 saturated heterocycles. The third kappa shape index (κ3) is 5.73. The number of fused-ring (bicyclic) bond motifs is 1. The summed E-state index contributed by atoms with van der Waals surface area (Å²) in [6.07, 6.45) is 1.61. The Balaban J connectivity index is 0.00000280. The van der Waals surface area contributed by atoms with E-state index in [0.717, 1.165) is 55.3 Å². The number of nitrogens with zero attached hydrogens (tertiary/aromatic N) is 4. The first kappa shape index (κ1) is 22.3. The van der Waals surface area contributed by atoms with Crippen LogP contribution < -0.4 is 5.32 Å². The van der Waals surface area contributed by atoms with Gasteiger partial charge in [0.05, 0.1) is 17.6 Å². The number of para-hydroxylation sites is 2. The number of hydrogen-bond donors (Lipinski definition) is 2. The van der Waals surface area contributed by atoms with Crippen LogP contribution in [-0.4, -0.2) is 78.2 Å². The molecule has 1 aromatic heterocycles. The Morgan fingerprint density at radius 2 is 1.96 bits per heavy atom. The second kappa shape index (κ2) is 11.1. The number of benzene rings is 1. The summed E-state index contributed by atoms with van der Waals surface area (Å²) in [6.45, 7) is 5.86. The Labute approximate surface area is 182 Å². The van der Waals surface area contributed by atoms with Gasteiger partial charge in [-0.2, -0.15) is 0 Å². The average molecular weight is 500 g/mol. The predicted molar refractivity (Wildman–Crippen MR) is 121 cm³/mol. The summed E-state index contributed by atoms with van der Waals surface area (Å²) in [6, 6.07) is 8.07. The van der Waals surface area contributed by atoms with Gasteiger partial charge in [0.2, 0.25) is 0 Å². The van der Waals surface area contributed by atoms with Crippen LogP contribution >= 0.6 is 24.0 Å². The monoisotopic (exact) mass is 500 g/mol. The molecular formula is C19H29IN6O2. The van der Waals surface area contributed by atoms with E-state index in [4.69, 9.17) is 4.74 Å². The number of aromatic nitrogens is 2. The van der Waals surface area contributed by atoms with Crippen molar-refractivity contribution >= 4 is 47.1 Å². The molecule has 0 atom stereocenters. The van der Waals surface area contributed by atoms with Crippen LogP contribution in [0.5, 0.6) is 0 Å². The molecule has 0 saturated carbocycles. The number of rotatable bonds is 5. The van der Waals surface area contributed by atoms with E-state index >= 15 is 0 Å². The SMILES string of the molecule is CCOC(=O)N1CCN(C(=NC)NCCCc2nc3ccccc3[nH]2)CC1.I. The summed E-state index contributed by atoms with van der Waals surface area (Å²) in [5.74, 6) is 1.89. The molecule has 1 fully saturated rings. The van der Waals surface area contributed by atoms with E-state index in [1.165, 1.54) is 0 Å². The number of carbonyl (C=O) groups is 1. The number of aliphatic imine (C=N–C) groups is 1. The third-order valence-corrected chi connectivity index (χ3v) is 4.63. The van der Waals surface area contributed by atoms with Gasteiger partial charge in [0.15, 0.2) is 5.96 Å². The van der Waals surface area contributed by atoms with E-state index in [-0.39, 0.29) is 30.1 Å². The van der Waals surface area contributed by atoms with Gasteiger partial charge in [0, 0.05) is 46.2 Å². The zero-order valence-electron chi connectivity index (χ0n) is 16.5. The molecule has 3 rings (SSSR count). The van der Waals surface area contributed by atoms with Crippen molar-refractivity contribution in [2.75, 3.05) is 46.4 Å². The van der Waals surface area contributed by atoms with Crippen LogP contribution in [0.1, 0.15) is 19.2 Å². The topological polar surface area (TPSA) is 85.8 Å². The minimum absolute atomic E-state index is 0. The number of guanidine groups is 1. The fourth-order valence-electron chi connectivity index (χ4n) is 3.23. The molecule has 1 aromatic carbocycles. The normalized spacial score (nSPS) is 14.7. The summed E-state index contributed by atoms with van der Waals surface area (Å²) in [4.78, 5) is 28.0. The molecule has 9 heteroatoms. The van der Waals surface area contributed by atoms with Gasteiger partial charge >= 0.3 is 6.09 Å². The van der Waals surface area contributed by atoms with Crippen LogP contribution in [-0.2, 0) is 11.2 Å². The van der Waals surface area contributed by atoms with Gasteiger partial charge in [0.25, 0.3) is 0 Å². The molecule has 154 valence electrons. The molecule has 0 unspecified atom stereocenters. The number of hydrogen-bond acceptors (Lipinski definition) is 4. The van der Waals surface area contributed by atoms with E-state index in [2.05, 4.69) is 25.2 Å². The number of piperazine rings is 1. The van der Waals surface area contributed by atoms with Crippen molar-refractivity contribution in [1.29, 1.82) is 0 Å². The maximum absolute atomic E-state index is 11.8. The van der Waals surface area contributed by atoms with Crippen LogP contribution in [0.2, 0.25) is 0 Å². The number of amides is 1. The van der Waals surface area contributed by atoms with Gasteiger partial charge in [-0.05, 0) is 25.5 Å². The van der Waals surface area contributed by atoms with E-state index in [9.17, 15) is 4.79 Å². The Morgan fingerprint density at radius 3 is 2.64 bits per heavy atom. The van der Waals surface area contributed by atoms with Crippen LogP contribution in [0.25, 0.3) is 11.0 Å². The summed E-state index contributed by atoms with van der Waals surface area (Å²) < 4.78 is 5.06. The number of nitrogens with one attached hydrogen (secondary N) is 2. The van der Waals surface area contributed by atoms with E-state index < -0.39 is 0 Å². The fraction of sp³-hybridized carbons (Fsp3) is 0.526. The Kier molecular flexibility index (Phi) is 8.81. The number of halogens is 1. The van der Waals surface area contributed by atoms with E-state index in [1.54, 1.807) is 11.9 Å². The van der Waals surface area contributed by atoms with Gasteiger partial charge in [-0.25, -0.2) is 9.78 Å². The lowest BCUT2D eigenvalue weighted by Gasteiger charge is -2.35. The van der Waals surface area contributed by atoms with Crippen molar-refractivity contribution in [3.8, 4) is 0 Å². The highest BCUT2D eigenvalue weighted by Gasteiger charge is 2.23. The van der Waals surface area contributed by atoms with Crippen molar-refractivity contribution in [3.05, 3.63) is 30.1 Å². The van der Waals surface area contributed by atoms with Gasteiger partial charge < -0.3 is 24.8 Å².